The van der Waals surface area contributed by atoms with Gasteiger partial charge in [0.25, 0.3) is 0 Å². The zero-order chi connectivity index (χ0) is 54.9. The van der Waals surface area contributed by atoms with Gasteiger partial charge in [0, 0.05) is 35.4 Å². The molecule has 0 saturated carbocycles. The molecular formula is C63H70N2O12. The predicted molar refractivity (Wildman–Crippen MR) is 299 cm³/mol. The quantitative estimate of drug-likeness (QED) is 0.00772. The number of carbonyl (C=O) groups excluding carboxylic acids is 2. The molecule has 0 aliphatic heterocycles. The van der Waals surface area contributed by atoms with Gasteiger partial charge in [0.05, 0.1) is 26.4 Å². The van der Waals surface area contributed by atoms with E-state index >= 15 is 0 Å². The molecule has 0 radical (unpaired) electrons. The third-order valence-corrected chi connectivity index (χ3v) is 13.2. The molecule has 0 spiro atoms. The number of rotatable bonds is 32. The number of esters is 2. The van der Waals surface area contributed by atoms with Crippen LogP contribution in [-0.4, -0.2) is 60.5 Å². The molecule has 6 N–H and O–H groups in total. The summed E-state index contributed by atoms with van der Waals surface area (Å²) in [6.07, 6.45) is 11.8. The van der Waals surface area contributed by atoms with Crippen LogP contribution in [0.1, 0.15) is 100 Å². The highest BCUT2D eigenvalue weighted by molar-refractivity contribution is 6.01. The van der Waals surface area contributed by atoms with E-state index < -0.39 is 34.7 Å². The van der Waals surface area contributed by atoms with E-state index in [1.165, 1.54) is 12.2 Å². The largest absolute Gasteiger partial charge is 0.494 e. The Morgan fingerprint density at radius 3 is 1.14 bits per heavy atom. The van der Waals surface area contributed by atoms with Gasteiger partial charge in [-0.1, -0.05) is 75.2 Å². The van der Waals surface area contributed by atoms with Gasteiger partial charge in [0.2, 0.25) is 0 Å². The van der Waals surface area contributed by atoms with Crippen LogP contribution >= 0.6 is 0 Å². The first-order valence-electron chi connectivity index (χ1n) is 26.2. The van der Waals surface area contributed by atoms with Crippen LogP contribution in [0.3, 0.4) is 0 Å². The Morgan fingerprint density at radius 2 is 0.779 bits per heavy atom. The predicted octanol–water partition coefficient (Wildman–Crippen LogP) is 12.6. The number of anilines is 2. The molecule has 6 aromatic rings. The normalized spacial score (nSPS) is 12.2. The number of unbranched alkanes of at least 4 members (excludes halogenated alkanes) is 4. The minimum atomic E-state index is -2.33. The average molecular weight is 1050 g/mol. The molecule has 0 heterocycles. The minimum Gasteiger partial charge on any atom is -0.494 e. The maximum Gasteiger partial charge on any atom is 0.336 e. The molecule has 77 heavy (non-hydrogen) atoms. The summed E-state index contributed by atoms with van der Waals surface area (Å²) in [5.74, 6) is -0.580. The highest BCUT2D eigenvalue weighted by Gasteiger charge is 2.62. The number of carboxylic acids is 2. The van der Waals surface area contributed by atoms with Crippen molar-refractivity contribution < 1.29 is 57.8 Å². The molecule has 0 aromatic heterocycles. The molecule has 0 atom stereocenters. The smallest absolute Gasteiger partial charge is 0.336 e. The van der Waals surface area contributed by atoms with Crippen molar-refractivity contribution in [1.82, 2.24) is 0 Å². The Kier molecular flexibility index (Phi) is 22.2. The molecule has 6 aromatic carbocycles. The van der Waals surface area contributed by atoms with Crippen molar-refractivity contribution in [3.05, 3.63) is 180 Å². The molecule has 0 fully saturated rings. The summed E-state index contributed by atoms with van der Waals surface area (Å²) in [6, 6.07) is 41.6. The van der Waals surface area contributed by atoms with Gasteiger partial charge >= 0.3 is 23.9 Å². The van der Waals surface area contributed by atoms with Crippen molar-refractivity contribution in [2.24, 2.45) is 5.41 Å². The Balaban J connectivity index is 1.09. The van der Waals surface area contributed by atoms with Crippen LogP contribution in [0.4, 0.5) is 11.4 Å². The van der Waals surface area contributed by atoms with E-state index in [0.717, 1.165) is 36.8 Å². The molecule has 404 valence electrons. The van der Waals surface area contributed by atoms with E-state index in [1.807, 2.05) is 24.3 Å². The minimum absolute atomic E-state index is 0.189. The summed E-state index contributed by atoms with van der Waals surface area (Å²) >= 11 is 0. The van der Waals surface area contributed by atoms with E-state index in [0.29, 0.717) is 95.9 Å². The van der Waals surface area contributed by atoms with Gasteiger partial charge in [0.1, 0.15) is 34.5 Å². The van der Waals surface area contributed by atoms with E-state index in [4.69, 9.17) is 39.9 Å². The number of nitrogen functional groups attached to an aromatic ring is 2. The third kappa shape index (κ3) is 17.3. The van der Waals surface area contributed by atoms with Crippen LogP contribution in [-0.2, 0) is 31.0 Å². The Hall–Kier alpha value is -8.52. The van der Waals surface area contributed by atoms with Crippen LogP contribution in [0.25, 0.3) is 12.2 Å². The number of ether oxygens (including phenoxy) is 6. The van der Waals surface area contributed by atoms with E-state index in [2.05, 4.69) is 13.8 Å². The van der Waals surface area contributed by atoms with E-state index in [-0.39, 0.29) is 32.5 Å². The maximum atomic E-state index is 13.9. The number of nitrogens with two attached hydrogens (primary N) is 2. The van der Waals surface area contributed by atoms with Crippen LogP contribution in [0, 0.1) is 5.41 Å². The van der Waals surface area contributed by atoms with Gasteiger partial charge in [-0.15, -0.1) is 0 Å². The molecule has 0 aliphatic carbocycles. The summed E-state index contributed by atoms with van der Waals surface area (Å²) < 4.78 is 34.5. The Labute approximate surface area is 451 Å². The van der Waals surface area contributed by atoms with Gasteiger partial charge in [-0.25, -0.2) is 9.59 Å². The van der Waals surface area contributed by atoms with Crippen molar-refractivity contribution >= 4 is 47.4 Å². The standard InChI is InChI=1S/C63H70N2O12/c1-3-5-41-72-54-29-33-56(34-30-54)76-58(66)37-17-46-13-25-52(26-14-46)74-43-9-7-39-62(49-19-23-51(65)24-20-49,63(60(68)69,61(70)71)45-48-11-21-50(64)22-12-48)40-8-10-44-75-53-27-15-47(16-28-53)18-38-59(67)77-57-35-31-55(32-36-57)73-42-6-4-2/h11-38H,3-10,39-45,64-65H2,1-2H3,(H,68,69)(H,70,71). The van der Waals surface area contributed by atoms with Gasteiger partial charge in [-0.2, -0.15) is 0 Å². The molecular weight excluding hydrogens is 977 g/mol. The number of hydrogen-bond acceptors (Lipinski definition) is 12. The first kappa shape index (κ1) is 57.8. The summed E-state index contributed by atoms with van der Waals surface area (Å²) in [4.78, 5) is 52.9. The fraction of sp³-hybridized carbons (Fsp3) is 0.302. The molecule has 0 unspecified atom stereocenters. The third-order valence-electron chi connectivity index (χ3n) is 13.2. The number of carbonyl (C=O) groups is 4. The zero-order valence-corrected chi connectivity index (χ0v) is 43.9. The highest BCUT2D eigenvalue weighted by Crippen LogP contribution is 2.52. The summed E-state index contributed by atoms with van der Waals surface area (Å²) in [5, 5.41) is 22.6. The topological polar surface area (TPSA) is 216 Å². The molecule has 0 bridgehead atoms. The molecule has 14 heteroatoms. The lowest BCUT2D eigenvalue weighted by Gasteiger charge is -2.47. The van der Waals surface area contributed by atoms with Gasteiger partial charge < -0.3 is 50.1 Å². The van der Waals surface area contributed by atoms with Crippen LogP contribution in [0.15, 0.2) is 158 Å². The second-order valence-electron chi connectivity index (χ2n) is 18.7. The molecule has 0 aliphatic rings. The van der Waals surface area contributed by atoms with Gasteiger partial charge in [-0.05, 0) is 183 Å². The number of carboxylic acid groups (broad SMARTS) is 2. The summed E-state index contributed by atoms with van der Waals surface area (Å²) in [7, 11) is 0. The van der Waals surface area contributed by atoms with Crippen molar-refractivity contribution in [3.63, 3.8) is 0 Å². The lowest BCUT2D eigenvalue weighted by atomic mass is 9.53. The van der Waals surface area contributed by atoms with Crippen LogP contribution in [0.5, 0.6) is 34.5 Å². The molecule has 0 amide bonds. The Bertz CT molecular complexity index is 2700. The fourth-order valence-corrected chi connectivity index (χ4v) is 8.95. The van der Waals surface area contributed by atoms with Crippen molar-refractivity contribution in [2.45, 2.75) is 89.9 Å². The van der Waals surface area contributed by atoms with Crippen molar-refractivity contribution in [2.75, 3.05) is 37.9 Å². The molecule has 14 nitrogen and oxygen atoms in total. The number of aliphatic carboxylic acids is 2. The second-order valence-corrected chi connectivity index (χ2v) is 18.7. The van der Waals surface area contributed by atoms with Crippen LogP contribution < -0.4 is 39.9 Å². The van der Waals surface area contributed by atoms with Crippen molar-refractivity contribution in [3.8, 4) is 34.5 Å². The SMILES string of the molecule is CCCCOc1ccc(OC(=O)C=Cc2ccc(OCCCCC(CCCCOc3ccc(C=CC(=O)Oc4ccc(OCCCC)cc4)cc3)(c3ccc(N)cc3)C(Cc3ccc(N)cc3)(C(=O)O)C(=O)O)cc2)cc1. The number of benzene rings is 6. The average Bonchev–Trinajstić information content (AvgIpc) is 3.48. The molecule has 0 saturated heterocycles. The first-order valence-corrected chi connectivity index (χ1v) is 26.2. The first-order chi connectivity index (χ1) is 37.3. The van der Waals surface area contributed by atoms with E-state index in [9.17, 15) is 29.4 Å². The molecule has 6 rings (SSSR count). The van der Waals surface area contributed by atoms with E-state index in [1.54, 1.807) is 133 Å². The number of hydrogen-bond donors (Lipinski definition) is 4. The summed E-state index contributed by atoms with van der Waals surface area (Å²) in [5.41, 5.74) is 11.9. The Morgan fingerprint density at radius 1 is 0.442 bits per heavy atom. The summed E-state index contributed by atoms with van der Waals surface area (Å²) in [6.45, 7) is 5.97. The maximum absolute atomic E-state index is 13.9. The highest BCUT2D eigenvalue weighted by atomic mass is 16.5. The van der Waals surface area contributed by atoms with Gasteiger partial charge in [-0.3, -0.25) is 9.59 Å². The monoisotopic (exact) mass is 1050 g/mol. The van der Waals surface area contributed by atoms with Crippen LogP contribution in [0.2, 0.25) is 0 Å². The van der Waals surface area contributed by atoms with Crippen molar-refractivity contribution in [1.29, 1.82) is 0 Å². The lowest BCUT2D eigenvalue weighted by Crippen LogP contribution is -2.57. The van der Waals surface area contributed by atoms with Gasteiger partial charge in [0.15, 0.2) is 5.41 Å². The lowest BCUT2D eigenvalue weighted by molar-refractivity contribution is -0.172. The second kappa shape index (κ2) is 29.5. The zero-order valence-electron chi connectivity index (χ0n) is 43.9. The fourth-order valence-electron chi connectivity index (χ4n) is 8.95.